The summed E-state index contributed by atoms with van der Waals surface area (Å²) in [7, 11) is -1.36. The molecule has 230 valence electrons. The topological polar surface area (TPSA) is 153 Å². The van der Waals surface area contributed by atoms with Crippen molar-refractivity contribution in [3.05, 3.63) is 29.3 Å². The fourth-order valence-electron chi connectivity index (χ4n) is 5.76. The van der Waals surface area contributed by atoms with Crippen LogP contribution in [-0.4, -0.2) is 92.4 Å². The molecule has 1 aromatic rings. The zero-order chi connectivity index (χ0) is 29.9. The highest BCUT2D eigenvalue weighted by Gasteiger charge is 2.38. The van der Waals surface area contributed by atoms with E-state index in [1.54, 1.807) is 12.1 Å². The minimum Gasteiger partial charge on any atom is -0.534 e. The number of ether oxygens (including phenoxy) is 3. The first-order valence-corrected chi connectivity index (χ1v) is 15.0. The third-order valence-corrected chi connectivity index (χ3v) is 8.01. The standard InChI is InChI=1S/C29H42BN3O9/c1-20(34)31-12-15-39-23-10-13-33(14-11-23)18-26(35)32-25-17-22-8-5-9-24(28(22)42-30(25)38)29(37)41-19-40-27(36)16-21-6-3-2-4-7-21/h5,8-9,21,23,25,38H,2-4,6-7,10-19H2,1H3,(H,31,34)(H,32,35)/t25-/m0/s1. The molecule has 3 aliphatic rings. The van der Waals surface area contributed by atoms with Gasteiger partial charge < -0.3 is 34.5 Å². The largest absolute Gasteiger partial charge is 0.547 e. The van der Waals surface area contributed by atoms with Crippen LogP contribution in [0.5, 0.6) is 5.75 Å². The number of nitrogens with one attached hydrogen (secondary N) is 2. The number of carbonyl (C=O) groups is 4. The highest BCUT2D eigenvalue weighted by molar-refractivity contribution is 6.47. The van der Waals surface area contributed by atoms with E-state index >= 15 is 0 Å². The Morgan fingerprint density at radius 1 is 1.07 bits per heavy atom. The quantitative estimate of drug-likeness (QED) is 0.142. The molecule has 2 heterocycles. The lowest BCUT2D eigenvalue weighted by molar-refractivity contribution is -0.153. The molecule has 12 nitrogen and oxygen atoms in total. The van der Waals surface area contributed by atoms with Crippen molar-refractivity contribution in [3.8, 4) is 5.75 Å². The van der Waals surface area contributed by atoms with Gasteiger partial charge in [-0.1, -0.05) is 31.4 Å². The Morgan fingerprint density at radius 2 is 1.83 bits per heavy atom. The number of fused-ring (bicyclic) bond motifs is 1. The molecule has 2 aliphatic heterocycles. The summed E-state index contributed by atoms with van der Waals surface area (Å²) in [5.41, 5.74) is 0.758. The minimum atomic E-state index is -1.36. The molecule has 4 rings (SSSR count). The van der Waals surface area contributed by atoms with Gasteiger partial charge in [-0.15, -0.1) is 0 Å². The molecule has 1 saturated heterocycles. The van der Waals surface area contributed by atoms with Crippen LogP contribution >= 0.6 is 0 Å². The number of nitrogens with zero attached hydrogens (tertiary/aromatic N) is 1. The van der Waals surface area contributed by atoms with Crippen molar-refractivity contribution >= 4 is 30.9 Å². The molecule has 1 atom stereocenters. The van der Waals surface area contributed by atoms with Crippen molar-refractivity contribution in [2.45, 2.75) is 76.8 Å². The lowest BCUT2D eigenvalue weighted by Crippen LogP contribution is -2.55. The van der Waals surface area contributed by atoms with Gasteiger partial charge in [0.15, 0.2) is 0 Å². The van der Waals surface area contributed by atoms with Crippen LogP contribution in [0.2, 0.25) is 0 Å². The van der Waals surface area contributed by atoms with Crippen molar-refractivity contribution in [1.82, 2.24) is 15.5 Å². The molecular formula is C29H42BN3O9. The number of esters is 2. The van der Waals surface area contributed by atoms with Gasteiger partial charge in [-0.3, -0.25) is 19.3 Å². The maximum Gasteiger partial charge on any atom is 0.547 e. The minimum absolute atomic E-state index is 0.0846. The van der Waals surface area contributed by atoms with E-state index in [0.29, 0.717) is 44.1 Å². The van der Waals surface area contributed by atoms with Crippen LogP contribution in [0, 0.1) is 5.92 Å². The Morgan fingerprint density at radius 3 is 2.57 bits per heavy atom. The average Bonchev–Trinajstić information content (AvgIpc) is 2.96. The summed E-state index contributed by atoms with van der Waals surface area (Å²) in [6.07, 6.45) is 7.75. The van der Waals surface area contributed by atoms with Crippen molar-refractivity contribution in [3.63, 3.8) is 0 Å². The Bertz CT molecular complexity index is 1090. The van der Waals surface area contributed by atoms with E-state index in [2.05, 4.69) is 10.6 Å². The van der Waals surface area contributed by atoms with Gasteiger partial charge in [0.25, 0.3) is 0 Å². The number of carbonyl (C=O) groups excluding carboxylic acids is 4. The molecule has 1 saturated carbocycles. The second-order valence-corrected chi connectivity index (χ2v) is 11.3. The summed E-state index contributed by atoms with van der Waals surface area (Å²) in [5.74, 6) is -1.60. The van der Waals surface area contributed by atoms with Crippen LogP contribution in [-0.2, 0) is 35.0 Å². The van der Waals surface area contributed by atoms with Crippen molar-refractivity contribution < 1.29 is 43.1 Å². The Balaban J connectivity index is 1.19. The van der Waals surface area contributed by atoms with E-state index in [1.807, 2.05) is 4.90 Å². The van der Waals surface area contributed by atoms with Crippen molar-refractivity contribution in [2.75, 3.05) is 39.6 Å². The molecule has 0 spiro atoms. The summed E-state index contributed by atoms with van der Waals surface area (Å²) in [5, 5.41) is 16.2. The molecule has 0 unspecified atom stereocenters. The monoisotopic (exact) mass is 587 g/mol. The molecular weight excluding hydrogens is 545 g/mol. The zero-order valence-corrected chi connectivity index (χ0v) is 24.3. The van der Waals surface area contributed by atoms with Gasteiger partial charge in [0, 0.05) is 33.0 Å². The van der Waals surface area contributed by atoms with E-state index in [0.717, 1.165) is 38.5 Å². The number of amides is 2. The highest BCUT2D eigenvalue weighted by Crippen LogP contribution is 2.31. The predicted octanol–water partition coefficient (Wildman–Crippen LogP) is 1.37. The molecule has 42 heavy (non-hydrogen) atoms. The van der Waals surface area contributed by atoms with E-state index in [4.69, 9.17) is 18.9 Å². The molecule has 2 amide bonds. The van der Waals surface area contributed by atoms with Gasteiger partial charge in [0.1, 0.15) is 11.3 Å². The van der Waals surface area contributed by atoms with Crippen LogP contribution in [0.15, 0.2) is 18.2 Å². The Hall–Kier alpha value is -3.16. The van der Waals surface area contributed by atoms with Gasteiger partial charge in [0.05, 0.1) is 25.2 Å². The molecule has 1 aliphatic carbocycles. The average molecular weight is 587 g/mol. The van der Waals surface area contributed by atoms with E-state index in [1.165, 1.54) is 19.4 Å². The fraction of sp³-hybridized carbons (Fsp3) is 0.655. The number of rotatable bonds is 12. The second kappa shape index (κ2) is 15.9. The summed E-state index contributed by atoms with van der Waals surface area (Å²) >= 11 is 0. The van der Waals surface area contributed by atoms with Crippen LogP contribution in [0.25, 0.3) is 0 Å². The molecule has 0 bridgehead atoms. The first-order valence-electron chi connectivity index (χ1n) is 15.0. The number of benzene rings is 1. The normalized spacial score (nSPS) is 19.8. The third-order valence-electron chi connectivity index (χ3n) is 8.01. The third kappa shape index (κ3) is 9.70. The van der Waals surface area contributed by atoms with Crippen molar-refractivity contribution in [2.24, 2.45) is 5.92 Å². The van der Waals surface area contributed by atoms with Gasteiger partial charge >= 0.3 is 19.1 Å². The molecule has 0 radical (unpaired) electrons. The number of para-hydroxylation sites is 1. The van der Waals surface area contributed by atoms with Gasteiger partial charge in [0.2, 0.25) is 18.6 Å². The molecule has 3 N–H and O–H groups in total. The maximum absolute atomic E-state index is 12.8. The zero-order valence-electron chi connectivity index (χ0n) is 24.3. The van der Waals surface area contributed by atoms with Crippen LogP contribution in [0.4, 0.5) is 0 Å². The number of hydrogen-bond acceptors (Lipinski definition) is 10. The number of hydrogen-bond donors (Lipinski definition) is 3. The summed E-state index contributed by atoms with van der Waals surface area (Å²) in [6, 6.07) is 4.95. The summed E-state index contributed by atoms with van der Waals surface area (Å²) < 4.78 is 21.7. The van der Waals surface area contributed by atoms with E-state index in [-0.39, 0.29) is 48.2 Å². The number of piperidine rings is 1. The fourth-order valence-corrected chi connectivity index (χ4v) is 5.76. The SMILES string of the molecule is CC(=O)NCCOC1CCN(CC(=O)N[C@H]2Cc3cccc(C(=O)OCOC(=O)CC4CCCCC4)c3OB2O)CC1. The van der Waals surface area contributed by atoms with Gasteiger partial charge in [-0.05, 0) is 49.7 Å². The smallest absolute Gasteiger partial charge is 0.534 e. The Kier molecular flexibility index (Phi) is 12.0. The molecule has 2 fully saturated rings. The summed E-state index contributed by atoms with van der Waals surface area (Å²) in [4.78, 5) is 50.6. The van der Waals surface area contributed by atoms with Crippen LogP contribution in [0.3, 0.4) is 0 Å². The van der Waals surface area contributed by atoms with Crippen LogP contribution in [0.1, 0.15) is 74.2 Å². The second-order valence-electron chi connectivity index (χ2n) is 11.3. The van der Waals surface area contributed by atoms with E-state index in [9.17, 15) is 24.2 Å². The number of likely N-dealkylation sites (tertiary alicyclic amines) is 1. The van der Waals surface area contributed by atoms with Crippen LogP contribution < -0.4 is 15.3 Å². The molecule has 1 aromatic carbocycles. The lowest BCUT2D eigenvalue weighted by Gasteiger charge is -2.33. The Labute approximate surface area is 246 Å². The molecule has 13 heteroatoms. The lowest BCUT2D eigenvalue weighted by atomic mass is 9.72. The van der Waals surface area contributed by atoms with Crippen molar-refractivity contribution in [1.29, 1.82) is 0 Å². The highest BCUT2D eigenvalue weighted by atomic mass is 16.7. The summed E-state index contributed by atoms with van der Waals surface area (Å²) in [6.45, 7) is 3.49. The first-order chi connectivity index (χ1) is 20.3. The van der Waals surface area contributed by atoms with E-state index < -0.39 is 25.8 Å². The molecule has 0 aromatic heterocycles. The maximum atomic E-state index is 12.8. The predicted molar refractivity (Wildman–Crippen MR) is 152 cm³/mol. The van der Waals surface area contributed by atoms with Gasteiger partial charge in [-0.25, -0.2) is 4.79 Å². The van der Waals surface area contributed by atoms with Gasteiger partial charge in [-0.2, -0.15) is 0 Å². The first kappa shape index (κ1) is 31.8.